The van der Waals surface area contributed by atoms with Crippen LogP contribution >= 0.6 is 43.2 Å². The van der Waals surface area contributed by atoms with Crippen molar-refractivity contribution in [2.45, 2.75) is 32.7 Å². The van der Waals surface area contributed by atoms with Crippen LogP contribution in [0.3, 0.4) is 0 Å². The van der Waals surface area contributed by atoms with E-state index in [1.165, 1.54) is 4.88 Å². The van der Waals surface area contributed by atoms with Gasteiger partial charge in [0.2, 0.25) is 0 Å². The van der Waals surface area contributed by atoms with E-state index in [0.29, 0.717) is 0 Å². The lowest BCUT2D eigenvalue weighted by Gasteiger charge is -2.38. The van der Waals surface area contributed by atoms with Crippen molar-refractivity contribution < 1.29 is 9.90 Å². The quantitative estimate of drug-likeness (QED) is 0.801. The van der Waals surface area contributed by atoms with Crippen LogP contribution in [0.4, 0.5) is 0 Å². The molecule has 2 rings (SSSR count). The summed E-state index contributed by atoms with van der Waals surface area (Å²) in [5.74, 6) is -0.628. The molecule has 0 atom stereocenters. The first kappa shape index (κ1) is 15.5. The lowest BCUT2D eigenvalue weighted by atomic mass is 9.76. The van der Waals surface area contributed by atoms with Crippen molar-refractivity contribution in [3.05, 3.63) is 19.2 Å². The van der Waals surface area contributed by atoms with E-state index >= 15 is 0 Å². The minimum absolute atomic E-state index is 0.493. The van der Waals surface area contributed by atoms with Crippen LogP contribution in [-0.4, -0.2) is 29.1 Å². The minimum Gasteiger partial charge on any atom is -0.481 e. The molecule has 0 radical (unpaired) electrons. The smallest absolute Gasteiger partial charge is 0.309 e. The van der Waals surface area contributed by atoms with E-state index in [9.17, 15) is 9.90 Å². The van der Waals surface area contributed by atoms with Gasteiger partial charge in [-0.25, -0.2) is 0 Å². The monoisotopic (exact) mass is 409 g/mol. The van der Waals surface area contributed by atoms with Crippen molar-refractivity contribution in [3.8, 4) is 0 Å². The molecule has 0 aromatic carbocycles. The summed E-state index contributed by atoms with van der Waals surface area (Å²) in [6.45, 7) is 4.63. The summed E-state index contributed by atoms with van der Waals surface area (Å²) in [5, 5.41) is 9.38. The molecule has 0 bridgehead atoms. The molecule has 0 amide bonds. The second-order valence-corrected chi connectivity index (χ2v) is 8.36. The van der Waals surface area contributed by atoms with Crippen molar-refractivity contribution in [1.29, 1.82) is 0 Å². The lowest BCUT2D eigenvalue weighted by Crippen LogP contribution is -2.43. The molecule has 1 fully saturated rings. The first-order chi connectivity index (χ1) is 8.97. The predicted molar refractivity (Wildman–Crippen MR) is 84.6 cm³/mol. The van der Waals surface area contributed by atoms with Gasteiger partial charge in [-0.2, -0.15) is 0 Å². The van der Waals surface area contributed by atoms with E-state index in [2.05, 4.69) is 42.8 Å². The number of hydrogen-bond acceptors (Lipinski definition) is 3. The van der Waals surface area contributed by atoms with Crippen LogP contribution in [0.5, 0.6) is 0 Å². The van der Waals surface area contributed by atoms with Crippen LogP contribution in [0.1, 0.15) is 31.1 Å². The number of carboxylic acids is 1. The van der Waals surface area contributed by atoms with E-state index in [-0.39, 0.29) is 0 Å². The Morgan fingerprint density at radius 2 is 2.11 bits per heavy atom. The van der Waals surface area contributed by atoms with Gasteiger partial charge in [-0.05, 0) is 70.3 Å². The average Bonchev–Trinajstić information content (AvgIpc) is 2.69. The maximum atomic E-state index is 11.4. The Hall–Kier alpha value is 0.0900. The van der Waals surface area contributed by atoms with Gasteiger partial charge in [0.15, 0.2) is 0 Å². The molecule has 106 valence electrons. The summed E-state index contributed by atoms with van der Waals surface area (Å²) in [5.41, 5.74) is -0.493. The van der Waals surface area contributed by atoms with E-state index in [1.54, 1.807) is 11.3 Å². The number of carboxylic acid groups (broad SMARTS) is 1. The summed E-state index contributed by atoms with van der Waals surface area (Å²) in [6.07, 6.45) is 2.24. The van der Waals surface area contributed by atoms with Crippen LogP contribution in [0.15, 0.2) is 14.3 Å². The first-order valence-electron chi connectivity index (χ1n) is 6.36. The van der Waals surface area contributed by atoms with Crippen molar-refractivity contribution in [1.82, 2.24) is 4.90 Å². The van der Waals surface area contributed by atoms with E-state index in [1.807, 2.05) is 6.92 Å². The second-order valence-electron chi connectivity index (χ2n) is 5.05. The summed E-state index contributed by atoms with van der Waals surface area (Å²) < 4.78 is 2.21. The van der Waals surface area contributed by atoms with Gasteiger partial charge >= 0.3 is 5.97 Å². The molecule has 19 heavy (non-hydrogen) atoms. The molecule has 0 unspecified atom stereocenters. The van der Waals surface area contributed by atoms with Gasteiger partial charge in [-0.1, -0.05) is 6.92 Å². The van der Waals surface area contributed by atoms with Gasteiger partial charge in [0.25, 0.3) is 0 Å². The fourth-order valence-corrected chi connectivity index (χ4v) is 4.77. The van der Waals surface area contributed by atoms with Crippen LogP contribution < -0.4 is 0 Å². The van der Waals surface area contributed by atoms with Crippen molar-refractivity contribution in [2.75, 3.05) is 13.1 Å². The first-order valence-corrected chi connectivity index (χ1v) is 8.76. The highest BCUT2D eigenvalue weighted by atomic mass is 79.9. The molecule has 1 aromatic rings. The number of rotatable bonds is 4. The highest BCUT2D eigenvalue weighted by Gasteiger charge is 2.39. The lowest BCUT2D eigenvalue weighted by molar-refractivity contribution is -0.152. The van der Waals surface area contributed by atoms with Gasteiger partial charge in [-0.3, -0.25) is 9.69 Å². The van der Waals surface area contributed by atoms with Crippen LogP contribution in [-0.2, 0) is 11.3 Å². The maximum Gasteiger partial charge on any atom is 0.309 e. The van der Waals surface area contributed by atoms with E-state index < -0.39 is 11.4 Å². The number of hydrogen-bond donors (Lipinski definition) is 1. The van der Waals surface area contributed by atoms with Crippen molar-refractivity contribution in [3.63, 3.8) is 0 Å². The topological polar surface area (TPSA) is 40.5 Å². The van der Waals surface area contributed by atoms with Crippen molar-refractivity contribution >= 4 is 49.2 Å². The predicted octanol–water partition coefficient (Wildman–Crippen LogP) is 4.35. The summed E-state index contributed by atoms with van der Waals surface area (Å²) in [4.78, 5) is 15.0. The van der Waals surface area contributed by atoms with Gasteiger partial charge < -0.3 is 5.11 Å². The molecule has 6 heteroatoms. The van der Waals surface area contributed by atoms with Crippen LogP contribution in [0.2, 0.25) is 0 Å². The third-order valence-corrected chi connectivity index (χ3v) is 7.26. The molecule has 1 N–H and O–H groups in total. The molecule has 1 aromatic heterocycles. The molecule has 2 heterocycles. The molecule has 1 saturated heterocycles. The van der Waals surface area contributed by atoms with E-state index in [0.717, 1.165) is 47.2 Å². The SMILES string of the molecule is CCC1(C(=O)O)CCN(Cc2cc(Br)c(Br)s2)CC1. The number of halogens is 2. The molecule has 0 saturated carbocycles. The fraction of sp³-hybridized carbons (Fsp3) is 0.615. The molecule has 3 nitrogen and oxygen atoms in total. The highest BCUT2D eigenvalue weighted by molar-refractivity contribution is 9.13. The fourth-order valence-electron chi connectivity index (χ4n) is 2.55. The zero-order valence-corrected chi connectivity index (χ0v) is 14.8. The number of carbonyl (C=O) groups is 1. The molecule has 1 aliphatic rings. The third kappa shape index (κ3) is 3.40. The van der Waals surface area contributed by atoms with Crippen LogP contribution in [0.25, 0.3) is 0 Å². The summed E-state index contributed by atoms with van der Waals surface area (Å²) >= 11 is 8.73. The molecule has 0 spiro atoms. The Morgan fingerprint density at radius 3 is 2.53 bits per heavy atom. The number of piperidine rings is 1. The molecule has 0 aliphatic carbocycles. The molecular weight excluding hydrogens is 394 g/mol. The maximum absolute atomic E-state index is 11.4. The number of likely N-dealkylation sites (tertiary alicyclic amines) is 1. The Morgan fingerprint density at radius 1 is 1.47 bits per heavy atom. The minimum atomic E-state index is -0.628. The molecule has 1 aliphatic heterocycles. The number of thiophene rings is 1. The summed E-state index contributed by atoms with van der Waals surface area (Å²) in [6, 6.07) is 2.13. The Balaban J connectivity index is 1.95. The standard InChI is InChI=1S/C13H17Br2NO2S/c1-2-13(12(17)18)3-5-16(6-4-13)8-9-7-10(14)11(15)19-9/h7H,2-6,8H2,1H3,(H,17,18). The third-order valence-electron chi connectivity index (χ3n) is 4.02. The Kier molecular flexibility index (Phi) is 5.09. The number of nitrogens with zero attached hydrogens (tertiary/aromatic N) is 1. The largest absolute Gasteiger partial charge is 0.481 e. The zero-order valence-electron chi connectivity index (χ0n) is 10.8. The summed E-state index contributed by atoms with van der Waals surface area (Å²) in [7, 11) is 0. The molecular formula is C13H17Br2NO2S. The van der Waals surface area contributed by atoms with E-state index in [4.69, 9.17) is 0 Å². The Labute approximate surface area is 134 Å². The van der Waals surface area contributed by atoms with Gasteiger partial charge in [0.1, 0.15) is 0 Å². The highest BCUT2D eigenvalue weighted by Crippen LogP contribution is 2.37. The normalized spacial score (nSPS) is 19.5. The van der Waals surface area contributed by atoms with Crippen LogP contribution in [0, 0.1) is 5.41 Å². The van der Waals surface area contributed by atoms with Crippen molar-refractivity contribution in [2.24, 2.45) is 5.41 Å². The average molecular weight is 411 g/mol. The second kappa shape index (κ2) is 6.24. The zero-order chi connectivity index (χ0) is 14.0. The van der Waals surface area contributed by atoms with Gasteiger partial charge in [-0.15, -0.1) is 11.3 Å². The Bertz CT molecular complexity index is 448. The number of aliphatic carboxylic acids is 1. The van der Waals surface area contributed by atoms with Gasteiger partial charge in [0.05, 0.1) is 9.20 Å². The van der Waals surface area contributed by atoms with Gasteiger partial charge in [0, 0.05) is 15.9 Å².